The van der Waals surface area contributed by atoms with Crippen molar-refractivity contribution in [2.24, 2.45) is 0 Å². The third-order valence-corrected chi connectivity index (χ3v) is 3.77. The molecule has 0 aliphatic rings. The van der Waals surface area contributed by atoms with Gasteiger partial charge in [0, 0.05) is 18.8 Å². The number of benzene rings is 1. The number of hydrogen-bond donors (Lipinski definition) is 1. The van der Waals surface area contributed by atoms with Gasteiger partial charge in [0.05, 0.1) is 28.2 Å². The summed E-state index contributed by atoms with van der Waals surface area (Å²) in [7, 11) is 0. The summed E-state index contributed by atoms with van der Waals surface area (Å²) in [6, 6.07) is 3.15. The zero-order valence-electron chi connectivity index (χ0n) is 9.68. The molecule has 5 nitrogen and oxygen atoms in total. The lowest BCUT2D eigenvalue weighted by Crippen LogP contribution is -2.08. The first-order valence-electron chi connectivity index (χ1n) is 5.57. The van der Waals surface area contributed by atoms with E-state index in [9.17, 15) is 4.39 Å². The number of hydrogen-bond acceptors (Lipinski definition) is 3. The highest BCUT2D eigenvalue weighted by Crippen LogP contribution is 2.23. The van der Waals surface area contributed by atoms with Gasteiger partial charge in [0.25, 0.3) is 0 Å². The second-order valence-electron chi connectivity index (χ2n) is 4.03. The zero-order chi connectivity index (χ0) is 13.4. The third kappa shape index (κ3) is 2.33. The lowest BCUT2D eigenvalue weighted by molar-refractivity contribution is 0.522. The topological polar surface area (TPSA) is 51.4 Å². The second kappa shape index (κ2) is 4.86. The van der Waals surface area contributed by atoms with E-state index >= 15 is 0 Å². The molecule has 2 heterocycles. The van der Waals surface area contributed by atoms with Gasteiger partial charge in [-0.1, -0.05) is 5.21 Å². The Balaban J connectivity index is 2.00. The number of aromatic amines is 1. The molecule has 8 heteroatoms. The van der Waals surface area contributed by atoms with E-state index in [1.54, 1.807) is 23.1 Å². The van der Waals surface area contributed by atoms with E-state index in [0.717, 1.165) is 11.0 Å². The van der Waals surface area contributed by atoms with Crippen LogP contribution in [0.25, 0.3) is 11.0 Å². The van der Waals surface area contributed by atoms with E-state index in [4.69, 9.17) is 12.2 Å². The maximum Gasteiger partial charge on any atom is 0.178 e. The summed E-state index contributed by atoms with van der Waals surface area (Å²) >= 11 is 8.42. The number of halogens is 2. The highest BCUT2D eigenvalue weighted by Gasteiger charge is 2.08. The second-order valence-corrected chi connectivity index (χ2v) is 5.27. The highest BCUT2D eigenvalue weighted by molar-refractivity contribution is 9.10. The van der Waals surface area contributed by atoms with Crippen molar-refractivity contribution < 1.29 is 4.39 Å². The van der Waals surface area contributed by atoms with E-state index in [1.165, 1.54) is 6.07 Å². The Bertz CT molecular complexity index is 776. The smallest absolute Gasteiger partial charge is 0.178 e. The Morgan fingerprint density at radius 1 is 1.37 bits per heavy atom. The molecular weight excluding hydrogens is 333 g/mol. The average molecular weight is 342 g/mol. The fourth-order valence-corrected chi connectivity index (χ4v) is 2.57. The third-order valence-electron chi connectivity index (χ3n) is 2.84. The Morgan fingerprint density at radius 2 is 2.21 bits per heavy atom. The van der Waals surface area contributed by atoms with Crippen molar-refractivity contribution in [2.45, 2.75) is 13.1 Å². The van der Waals surface area contributed by atoms with Gasteiger partial charge >= 0.3 is 0 Å². The molecule has 0 atom stereocenters. The van der Waals surface area contributed by atoms with E-state index in [0.29, 0.717) is 22.3 Å². The summed E-state index contributed by atoms with van der Waals surface area (Å²) in [4.78, 5) is 3.06. The quantitative estimate of drug-likeness (QED) is 0.745. The highest BCUT2D eigenvalue weighted by atomic mass is 79.9. The van der Waals surface area contributed by atoms with E-state index in [-0.39, 0.29) is 5.82 Å². The monoisotopic (exact) mass is 341 g/mol. The predicted octanol–water partition coefficient (Wildman–Crippen LogP) is 2.89. The molecule has 0 fully saturated rings. The Morgan fingerprint density at radius 3 is 2.95 bits per heavy atom. The van der Waals surface area contributed by atoms with Gasteiger partial charge < -0.3 is 9.55 Å². The number of aromatic nitrogens is 5. The van der Waals surface area contributed by atoms with Gasteiger partial charge in [-0.25, -0.2) is 4.39 Å². The van der Waals surface area contributed by atoms with Crippen LogP contribution in [0.2, 0.25) is 0 Å². The summed E-state index contributed by atoms with van der Waals surface area (Å²) in [5.41, 5.74) is 1.54. The van der Waals surface area contributed by atoms with Gasteiger partial charge in [-0.2, -0.15) is 0 Å². The van der Waals surface area contributed by atoms with E-state index in [2.05, 4.69) is 31.2 Å². The number of nitrogens with one attached hydrogen (secondary N) is 1. The van der Waals surface area contributed by atoms with Crippen LogP contribution in [0, 0.1) is 10.6 Å². The Kier molecular flexibility index (Phi) is 3.19. The molecule has 2 aromatic heterocycles. The van der Waals surface area contributed by atoms with Gasteiger partial charge in [0.1, 0.15) is 5.82 Å². The van der Waals surface area contributed by atoms with Crippen LogP contribution in [0.5, 0.6) is 0 Å². The molecular formula is C11H9BrFN5S. The average Bonchev–Trinajstić information content (AvgIpc) is 2.96. The molecule has 98 valence electrons. The minimum Gasteiger partial charge on any atom is -0.331 e. The van der Waals surface area contributed by atoms with Crippen molar-refractivity contribution in [1.82, 2.24) is 24.5 Å². The van der Waals surface area contributed by atoms with Crippen LogP contribution in [0.3, 0.4) is 0 Å². The number of aryl methyl sites for hydroxylation is 2. The first-order valence-corrected chi connectivity index (χ1v) is 6.77. The molecule has 0 amide bonds. The van der Waals surface area contributed by atoms with Crippen LogP contribution in [0.1, 0.15) is 0 Å². The lowest BCUT2D eigenvalue weighted by Gasteiger charge is -2.04. The fraction of sp³-hybridized carbons (Fsp3) is 0.182. The molecule has 1 N–H and O–H groups in total. The summed E-state index contributed by atoms with van der Waals surface area (Å²) in [5, 5.41) is 7.62. The van der Waals surface area contributed by atoms with Crippen LogP contribution >= 0.6 is 28.1 Å². The molecule has 0 aliphatic carbocycles. The van der Waals surface area contributed by atoms with Crippen LogP contribution in [0.4, 0.5) is 4.39 Å². The van der Waals surface area contributed by atoms with E-state index in [1.807, 2.05) is 4.57 Å². The minimum absolute atomic E-state index is 0.309. The number of nitrogens with zero attached hydrogens (tertiary/aromatic N) is 4. The maximum absolute atomic E-state index is 13.6. The molecule has 0 unspecified atom stereocenters. The summed E-state index contributed by atoms with van der Waals surface area (Å²) < 4.78 is 18.1. The van der Waals surface area contributed by atoms with Crippen molar-refractivity contribution in [3.8, 4) is 0 Å². The largest absolute Gasteiger partial charge is 0.331 e. The maximum atomic E-state index is 13.6. The molecule has 3 rings (SSSR count). The molecule has 0 saturated carbocycles. The van der Waals surface area contributed by atoms with Gasteiger partial charge in [0.15, 0.2) is 4.77 Å². The first kappa shape index (κ1) is 12.5. The predicted molar refractivity (Wildman–Crippen MR) is 74.8 cm³/mol. The summed E-state index contributed by atoms with van der Waals surface area (Å²) in [6.45, 7) is 1.22. The summed E-state index contributed by atoms with van der Waals surface area (Å²) in [6.07, 6.45) is 3.39. The zero-order valence-corrected chi connectivity index (χ0v) is 12.1. The van der Waals surface area contributed by atoms with Gasteiger partial charge in [0.2, 0.25) is 0 Å². The van der Waals surface area contributed by atoms with Crippen molar-refractivity contribution in [3.05, 3.63) is 39.6 Å². The van der Waals surface area contributed by atoms with Crippen LogP contribution in [-0.2, 0) is 13.1 Å². The molecule has 0 radical (unpaired) electrons. The number of imidazole rings is 1. The molecule has 1 aromatic carbocycles. The van der Waals surface area contributed by atoms with Gasteiger partial charge in [-0.05, 0) is 34.2 Å². The first-order chi connectivity index (χ1) is 9.15. The number of rotatable bonds is 3. The minimum atomic E-state index is -0.309. The lowest BCUT2D eigenvalue weighted by atomic mass is 10.3. The van der Waals surface area contributed by atoms with Crippen molar-refractivity contribution >= 4 is 39.2 Å². The number of fused-ring (bicyclic) bond motifs is 1. The molecule has 0 aliphatic heterocycles. The number of H-pyrrole nitrogens is 1. The van der Waals surface area contributed by atoms with Crippen molar-refractivity contribution in [3.63, 3.8) is 0 Å². The SMILES string of the molecule is Fc1cc2c(cc1Br)[nH]c(=S)n2CCn1ccnn1. The summed E-state index contributed by atoms with van der Waals surface area (Å²) in [5.74, 6) is -0.309. The Hall–Kier alpha value is -1.54. The standard InChI is InChI=1S/C11H9BrFN5S/c12-7-5-9-10(6-8(7)13)18(11(19)15-9)4-3-17-2-1-14-16-17/h1-2,5-6H,3-4H2,(H,15,19). The molecule has 0 bridgehead atoms. The Labute approximate surface area is 121 Å². The van der Waals surface area contributed by atoms with Crippen molar-refractivity contribution in [2.75, 3.05) is 0 Å². The van der Waals surface area contributed by atoms with Crippen LogP contribution in [-0.4, -0.2) is 24.5 Å². The van der Waals surface area contributed by atoms with Crippen molar-refractivity contribution in [1.29, 1.82) is 0 Å². The van der Waals surface area contributed by atoms with Crippen LogP contribution in [0.15, 0.2) is 29.0 Å². The molecule has 3 aromatic rings. The van der Waals surface area contributed by atoms with Gasteiger partial charge in [-0.15, -0.1) is 5.10 Å². The molecule has 0 saturated heterocycles. The normalized spacial score (nSPS) is 11.3. The fourth-order valence-electron chi connectivity index (χ4n) is 1.93. The van der Waals surface area contributed by atoms with E-state index < -0.39 is 0 Å². The van der Waals surface area contributed by atoms with Gasteiger partial charge in [-0.3, -0.25) is 4.68 Å². The van der Waals surface area contributed by atoms with Crippen LogP contribution < -0.4 is 0 Å². The molecule has 19 heavy (non-hydrogen) atoms. The molecule has 0 spiro atoms.